The van der Waals surface area contributed by atoms with Gasteiger partial charge in [0, 0.05) is 24.9 Å². The predicted molar refractivity (Wildman–Crippen MR) is 95.3 cm³/mol. The van der Waals surface area contributed by atoms with Crippen LogP contribution in [-0.2, 0) is 24.2 Å². The third-order valence-corrected chi connectivity index (χ3v) is 4.54. The standard InChI is InChI=1S/C17H17Cl2N3O3/c1-25-13-5-3-2-4-10(13)8-14-20-12-6-7-22(17(24)15(18)19)9-11(12)16(23)21-14/h2-5,15H,6-9H2,1H3,(H,20,21,23). The molecule has 3 rings (SSSR count). The van der Waals surface area contributed by atoms with Gasteiger partial charge < -0.3 is 14.6 Å². The fraction of sp³-hybridized carbons (Fsp3) is 0.353. The summed E-state index contributed by atoms with van der Waals surface area (Å²) in [5.41, 5.74) is 1.89. The maximum atomic E-state index is 12.4. The molecule has 0 aliphatic carbocycles. The number of ether oxygens (including phenoxy) is 1. The number of aromatic amines is 1. The molecule has 1 aromatic carbocycles. The van der Waals surface area contributed by atoms with E-state index in [1.165, 1.54) is 4.90 Å². The summed E-state index contributed by atoms with van der Waals surface area (Å²) in [6, 6.07) is 7.59. The Morgan fingerprint density at radius 2 is 2.16 bits per heavy atom. The Kier molecular flexibility index (Phi) is 5.30. The van der Waals surface area contributed by atoms with Gasteiger partial charge in [-0.05, 0) is 6.07 Å². The van der Waals surface area contributed by atoms with Crippen molar-refractivity contribution in [2.24, 2.45) is 0 Å². The smallest absolute Gasteiger partial charge is 0.256 e. The topological polar surface area (TPSA) is 75.3 Å². The first-order valence-electron chi connectivity index (χ1n) is 7.79. The molecule has 0 radical (unpaired) electrons. The van der Waals surface area contributed by atoms with Crippen molar-refractivity contribution in [3.63, 3.8) is 0 Å². The van der Waals surface area contributed by atoms with Crippen LogP contribution in [0.3, 0.4) is 0 Å². The largest absolute Gasteiger partial charge is 0.496 e. The van der Waals surface area contributed by atoms with Crippen LogP contribution in [0, 0.1) is 0 Å². The highest BCUT2D eigenvalue weighted by molar-refractivity contribution is 6.53. The number of hydrogen-bond acceptors (Lipinski definition) is 4. The average Bonchev–Trinajstić information content (AvgIpc) is 2.61. The van der Waals surface area contributed by atoms with Gasteiger partial charge in [-0.3, -0.25) is 9.59 Å². The van der Waals surface area contributed by atoms with Gasteiger partial charge in [-0.2, -0.15) is 0 Å². The van der Waals surface area contributed by atoms with E-state index in [1.54, 1.807) is 7.11 Å². The number of para-hydroxylation sites is 1. The first-order valence-corrected chi connectivity index (χ1v) is 8.66. The lowest BCUT2D eigenvalue weighted by molar-refractivity contribution is -0.130. The number of hydrogen-bond donors (Lipinski definition) is 1. The Morgan fingerprint density at radius 3 is 2.88 bits per heavy atom. The average molecular weight is 382 g/mol. The molecule has 0 bridgehead atoms. The van der Waals surface area contributed by atoms with Crippen LogP contribution in [0.1, 0.15) is 22.6 Å². The summed E-state index contributed by atoms with van der Waals surface area (Å²) in [5, 5.41) is 0. The molecule has 2 aromatic rings. The van der Waals surface area contributed by atoms with Gasteiger partial charge in [0.1, 0.15) is 11.6 Å². The lowest BCUT2D eigenvalue weighted by Crippen LogP contribution is -2.42. The van der Waals surface area contributed by atoms with E-state index in [4.69, 9.17) is 27.9 Å². The van der Waals surface area contributed by atoms with Crippen LogP contribution in [0.5, 0.6) is 5.75 Å². The summed E-state index contributed by atoms with van der Waals surface area (Å²) in [7, 11) is 1.61. The normalized spacial score (nSPS) is 13.7. The Bertz CT molecular complexity index is 851. The Hall–Kier alpha value is -2.05. The van der Waals surface area contributed by atoms with E-state index in [9.17, 15) is 9.59 Å². The van der Waals surface area contributed by atoms with Crippen LogP contribution < -0.4 is 10.3 Å². The van der Waals surface area contributed by atoms with Gasteiger partial charge >= 0.3 is 0 Å². The molecule has 25 heavy (non-hydrogen) atoms. The van der Waals surface area contributed by atoms with Crippen LogP contribution >= 0.6 is 23.2 Å². The molecule has 8 heteroatoms. The summed E-state index contributed by atoms with van der Waals surface area (Å²) in [5.74, 6) is 0.918. The molecule has 6 nitrogen and oxygen atoms in total. The Balaban J connectivity index is 1.86. The zero-order chi connectivity index (χ0) is 18.0. The molecule has 1 amide bonds. The molecule has 0 saturated heterocycles. The van der Waals surface area contributed by atoms with E-state index in [2.05, 4.69) is 9.97 Å². The van der Waals surface area contributed by atoms with E-state index >= 15 is 0 Å². The van der Waals surface area contributed by atoms with E-state index in [1.807, 2.05) is 24.3 Å². The van der Waals surface area contributed by atoms with Crippen LogP contribution in [0.15, 0.2) is 29.1 Å². The summed E-state index contributed by atoms with van der Waals surface area (Å²) in [6.45, 7) is 0.605. The maximum absolute atomic E-state index is 12.4. The first-order chi connectivity index (χ1) is 12.0. The lowest BCUT2D eigenvalue weighted by Gasteiger charge is -2.28. The number of H-pyrrole nitrogens is 1. The summed E-state index contributed by atoms with van der Waals surface area (Å²) >= 11 is 11.3. The van der Waals surface area contributed by atoms with Crippen molar-refractivity contribution < 1.29 is 9.53 Å². The van der Waals surface area contributed by atoms with Crippen molar-refractivity contribution in [1.82, 2.24) is 14.9 Å². The zero-order valence-electron chi connectivity index (χ0n) is 13.6. The van der Waals surface area contributed by atoms with Crippen LogP contribution in [0.2, 0.25) is 0 Å². The first kappa shape index (κ1) is 17.8. The summed E-state index contributed by atoms with van der Waals surface area (Å²) < 4.78 is 5.33. The molecule has 1 aromatic heterocycles. The van der Waals surface area contributed by atoms with Crippen molar-refractivity contribution in [1.29, 1.82) is 0 Å². The Morgan fingerprint density at radius 1 is 1.40 bits per heavy atom. The second kappa shape index (κ2) is 7.45. The van der Waals surface area contributed by atoms with Crippen LogP contribution in [-0.4, -0.2) is 39.3 Å². The van der Waals surface area contributed by atoms with Gasteiger partial charge in [0.15, 0.2) is 4.84 Å². The SMILES string of the molecule is COc1ccccc1Cc1nc2c(c(=O)[nH]1)CN(C(=O)C(Cl)Cl)CC2. The number of methoxy groups -OCH3 is 1. The van der Waals surface area contributed by atoms with Crippen molar-refractivity contribution in [3.8, 4) is 5.75 Å². The molecular formula is C17H17Cl2N3O3. The van der Waals surface area contributed by atoms with Crippen molar-refractivity contribution in [3.05, 3.63) is 57.3 Å². The molecule has 0 saturated carbocycles. The zero-order valence-corrected chi connectivity index (χ0v) is 15.1. The minimum atomic E-state index is -1.13. The van der Waals surface area contributed by atoms with E-state index in [0.29, 0.717) is 36.5 Å². The molecule has 1 aliphatic rings. The number of rotatable bonds is 4. The van der Waals surface area contributed by atoms with E-state index < -0.39 is 10.7 Å². The van der Waals surface area contributed by atoms with Crippen molar-refractivity contribution in [2.45, 2.75) is 24.2 Å². The number of benzene rings is 1. The second-order valence-electron chi connectivity index (χ2n) is 5.74. The number of alkyl halides is 2. The third-order valence-electron chi connectivity index (χ3n) is 4.17. The van der Waals surface area contributed by atoms with Gasteiger partial charge in [0.25, 0.3) is 11.5 Å². The molecule has 1 N–H and O–H groups in total. The number of carbonyl (C=O) groups is 1. The molecular weight excluding hydrogens is 365 g/mol. The highest BCUT2D eigenvalue weighted by Gasteiger charge is 2.27. The van der Waals surface area contributed by atoms with Gasteiger partial charge in [-0.15, -0.1) is 0 Å². The number of fused-ring (bicyclic) bond motifs is 1. The van der Waals surface area contributed by atoms with Gasteiger partial charge in [0.05, 0.1) is 24.9 Å². The van der Waals surface area contributed by atoms with Crippen LogP contribution in [0.4, 0.5) is 0 Å². The molecule has 132 valence electrons. The highest BCUT2D eigenvalue weighted by atomic mass is 35.5. The monoisotopic (exact) mass is 381 g/mol. The van der Waals surface area contributed by atoms with Gasteiger partial charge in [-0.1, -0.05) is 41.4 Å². The third kappa shape index (κ3) is 3.80. The van der Waals surface area contributed by atoms with Gasteiger partial charge in [-0.25, -0.2) is 4.98 Å². The van der Waals surface area contributed by atoms with E-state index in [-0.39, 0.29) is 12.1 Å². The minimum absolute atomic E-state index is 0.168. The second-order valence-corrected chi connectivity index (χ2v) is 6.83. The highest BCUT2D eigenvalue weighted by Crippen LogP contribution is 2.21. The van der Waals surface area contributed by atoms with Gasteiger partial charge in [0.2, 0.25) is 0 Å². The molecule has 0 unspecified atom stereocenters. The number of halogens is 2. The molecule has 0 atom stereocenters. The Labute approximate surface area is 154 Å². The molecule has 0 spiro atoms. The maximum Gasteiger partial charge on any atom is 0.256 e. The van der Waals surface area contributed by atoms with Crippen LogP contribution in [0.25, 0.3) is 0 Å². The molecule has 1 aliphatic heterocycles. The number of nitrogens with one attached hydrogen (secondary N) is 1. The summed E-state index contributed by atoms with van der Waals surface area (Å²) in [6.07, 6.45) is 0.949. The fourth-order valence-electron chi connectivity index (χ4n) is 2.92. The molecule has 0 fully saturated rings. The number of aromatic nitrogens is 2. The fourth-order valence-corrected chi connectivity index (χ4v) is 3.19. The number of nitrogens with zero attached hydrogens (tertiary/aromatic N) is 2. The van der Waals surface area contributed by atoms with Crippen molar-refractivity contribution >= 4 is 29.1 Å². The predicted octanol–water partition coefficient (Wildman–Crippen LogP) is 2.06. The minimum Gasteiger partial charge on any atom is -0.496 e. The van der Waals surface area contributed by atoms with Crippen molar-refractivity contribution in [2.75, 3.05) is 13.7 Å². The lowest BCUT2D eigenvalue weighted by atomic mass is 10.1. The summed E-state index contributed by atoms with van der Waals surface area (Å²) in [4.78, 5) is 32.1. The number of carbonyl (C=O) groups excluding carboxylic acids is 1. The number of amides is 1. The quantitative estimate of drug-likeness (QED) is 0.822. The van der Waals surface area contributed by atoms with E-state index in [0.717, 1.165) is 11.3 Å². The molecule has 2 heterocycles.